The van der Waals surface area contributed by atoms with Gasteiger partial charge in [-0.1, -0.05) is 161 Å². The molecule has 0 spiro atoms. The van der Waals surface area contributed by atoms with E-state index in [2.05, 4.69) is 88.0 Å². The maximum Gasteiger partial charge on any atom is 0.514 e. The van der Waals surface area contributed by atoms with Crippen LogP contribution in [0, 0.1) is 92.7 Å². The van der Waals surface area contributed by atoms with Crippen LogP contribution in [0.25, 0.3) is 10.8 Å². The van der Waals surface area contributed by atoms with Crippen molar-refractivity contribution in [2.45, 2.75) is 229 Å². The Kier molecular flexibility index (Phi) is 16.9. The topological polar surface area (TPSA) is 80.3 Å². The van der Waals surface area contributed by atoms with Gasteiger partial charge in [-0.3, -0.25) is 0 Å². The van der Waals surface area contributed by atoms with Gasteiger partial charge >= 0.3 is 12.3 Å². The molecule has 0 aromatic heterocycles. The molecule has 7 heteroatoms. The van der Waals surface area contributed by atoms with Gasteiger partial charge in [0.25, 0.3) is 0 Å². The van der Waals surface area contributed by atoms with Crippen molar-refractivity contribution < 1.29 is 33.3 Å². The molecule has 424 valence electrons. The summed E-state index contributed by atoms with van der Waals surface area (Å²) in [6.45, 7) is 29.2. The van der Waals surface area contributed by atoms with Gasteiger partial charge in [0, 0.05) is 29.7 Å². The molecule has 10 rings (SSSR count). The van der Waals surface area contributed by atoms with Crippen molar-refractivity contribution in [3.8, 4) is 17.2 Å². The average Bonchev–Trinajstić information content (AvgIpc) is 3.98. The van der Waals surface area contributed by atoms with Crippen LogP contribution in [0.5, 0.6) is 17.2 Å². The zero-order valence-corrected chi connectivity index (χ0v) is 49.7. The smallest absolute Gasteiger partial charge is 0.489 e. The van der Waals surface area contributed by atoms with Crippen LogP contribution in [0.4, 0.5) is 9.59 Å². The number of carbonyl (C=O) groups excluding carboxylic acids is 2. The van der Waals surface area contributed by atoms with Crippen LogP contribution in [-0.2, 0) is 9.47 Å². The number of hydrogen-bond donors (Lipinski definition) is 0. The molecule has 77 heavy (non-hydrogen) atoms. The molecule has 0 radical (unpaired) electrons. The summed E-state index contributed by atoms with van der Waals surface area (Å²) in [5, 5.41) is 1.22. The Labute approximate surface area is 466 Å². The van der Waals surface area contributed by atoms with Crippen LogP contribution in [0.1, 0.15) is 217 Å². The highest BCUT2D eigenvalue weighted by Gasteiger charge is 2.61. The van der Waals surface area contributed by atoms with E-state index in [1.54, 1.807) is 12.1 Å². The molecule has 16 atom stereocenters. The first-order valence-corrected chi connectivity index (χ1v) is 31.8. The Morgan fingerprint density at radius 2 is 1.09 bits per heavy atom. The SMILES string of the molecule is C=CCCOc1cc(OC(=O)OC2CC[C@@]3(C)C(=CC[C@H]4[C@@H]5CC[C@H]([C@H](C)CCCC(C)C)[C@@]5(C)CC[C@@H]43)C2)c2ccccc2c1OC(=O)OC1CC[C@@]2(C)C(=CC[C@H]3[C@@H]4CC[C@H]([C@H](C)CCCC(C)C)[C@@]4(C)CC[C@@H]32)C1. The lowest BCUT2D eigenvalue weighted by molar-refractivity contribution is -0.0597. The van der Waals surface area contributed by atoms with E-state index in [9.17, 15) is 9.59 Å². The Bertz CT molecular complexity index is 2500. The minimum atomic E-state index is -0.739. The van der Waals surface area contributed by atoms with Crippen LogP contribution in [0.15, 0.2) is 66.3 Å². The van der Waals surface area contributed by atoms with Gasteiger partial charge in [-0.2, -0.15) is 0 Å². The van der Waals surface area contributed by atoms with E-state index in [0.29, 0.717) is 58.0 Å². The normalized spacial score (nSPS) is 36.9. The summed E-state index contributed by atoms with van der Waals surface area (Å²) in [6, 6.07) is 9.21. The molecule has 6 fully saturated rings. The molecular weight excluding hydrogens is 953 g/mol. The number of rotatable bonds is 18. The minimum absolute atomic E-state index is 0.144. The molecule has 0 saturated heterocycles. The third kappa shape index (κ3) is 11.0. The Morgan fingerprint density at radius 1 is 0.597 bits per heavy atom. The van der Waals surface area contributed by atoms with E-state index in [1.165, 1.54) is 101 Å². The van der Waals surface area contributed by atoms with Crippen molar-refractivity contribution in [3.05, 3.63) is 66.3 Å². The van der Waals surface area contributed by atoms with Gasteiger partial charge in [0.15, 0.2) is 11.5 Å². The summed E-state index contributed by atoms with van der Waals surface area (Å²) in [5.74, 6) is 10.2. The van der Waals surface area contributed by atoms with E-state index in [0.717, 1.165) is 111 Å². The van der Waals surface area contributed by atoms with Gasteiger partial charge in [-0.25, -0.2) is 9.59 Å². The molecule has 0 bridgehead atoms. The molecule has 0 aliphatic heterocycles. The Morgan fingerprint density at radius 3 is 1.58 bits per heavy atom. The first-order valence-electron chi connectivity index (χ1n) is 31.8. The number of carbonyl (C=O) groups is 2. The van der Waals surface area contributed by atoms with Crippen molar-refractivity contribution >= 4 is 23.1 Å². The largest absolute Gasteiger partial charge is 0.514 e. The lowest BCUT2D eigenvalue weighted by Crippen LogP contribution is -2.51. The molecule has 0 N–H and O–H groups in total. The van der Waals surface area contributed by atoms with Crippen LogP contribution >= 0.6 is 0 Å². The highest BCUT2D eigenvalue weighted by molar-refractivity contribution is 5.97. The number of fused-ring (bicyclic) bond motifs is 11. The number of hydrogen-bond acceptors (Lipinski definition) is 7. The van der Waals surface area contributed by atoms with Gasteiger partial charge in [0.05, 0.1) is 6.61 Å². The third-order valence-corrected chi connectivity index (χ3v) is 23.9. The van der Waals surface area contributed by atoms with Crippen molar-refractivity contribution in [2.75, 3.05) is 6.61 Å². The molecule has 2 unspecified atom stereocenters. The van der Waals surface area contributed by atoms with E-state index in [-0.39, 0.29) is 28.8 Å². The maximum absolute atomic E-state index is 14.0. The van der Waals surface area contributed by atoms with Crippen molar-refractivity contribution in [1.29, 1.82) is 0 Å². The zero-order chi connectivity index (χ0) is 54.4. The summed E-state index contributed by atoms with van der Waals surface area (Å²) in [5.41, 5.74) is 4.17. The maximum atomic E-state index is 14.0. The number of benzene rings is 2. The van der Waals surface area contributed by atoms with Gasteiger partial charge in [-0.05, 0) is 189 Å². The summed E-state index contributed by atoms with van der Waals surface area (Å²) in [4.78, 5) is 27.9. The highest BCUT2D eigenvalue weighted by atomic mass is 16.7. The van der Waals surface area contributed by atoms with Crippen LogP contribution < -0.4 is 14.2 Å². The summed E-state index contributed by atoms with van der Waals surface area (Å²) in [6.07, 6.45) is 32.1. The molecule has 0 heterocycles. The average molecular weight is 1060 g/mol. The fourth-order valence-electron chi connectivity index (χ4n) is 19.8. The quantitative estimate of drug-likeness (QED) is 0.0637. The molecule has 8 aliphatic rings. The number of ether oxygens (including phenoxy) is 5. The lowest BCUT2D eigenvalue weighted by atomic mass is 9.47. The molecule has 8 aliphatic carbocycles. The van der Waals surface area contributed by atoms with E-state index in [4.69, 9.17) is 23.7 Å². The standard InChI is InChI=1S/C70H102O7/c1-12-13-40-73-63-43-62(76-65(71)74-50-32-36-67(8)48(41-50)24-26-54-58-30-28-56(46(6)20-16-18-44(2)3)69(58,10)38-34-60(54)67)52-22-14-15-23-53(52)64(63)77-66(72)75-51-33-37-68(9)49(42-51)25-27-55-59-31-29-57(47(7)21-17-19-45(4)5)70(59,11)39-35-61(55)68/h12,14-15,22-25,43-47,50-51,54-61H,1,13,16-21,26-42H2,2-11H3/t46-,47-,50?,51?,54+,55+,56-,57-,58+,59+,60+,61+,67+,68+,69-,70-/m1/s1. The van der Waals surface area contributed by atoms with Crippen molar-refractivity contribution in [1.82, 2.24) is 0 Å². The van der Waals surface area contributed by atoms with E-state index in [1.807, 2.05) is 24.3 Å². The molecular formula is C70H102O7. The third-order valence-electron chi connectivity index (χ3n) is 23.9. The molecule has 2 aromatic carbocycles. The number of allylic oxidation sites excluding steroid dienone is 2. The zero-order valence-electron chi connectivity index (χ0n) is 49.7. The van der Waals surface area contributed by atoms with Gasteiger partial charge in [0.1, 0.15) is 18.0 Å². The Balaban J connectivity index is 0.772. The van der Waals surface area contributed by atoms with Gasteiger partial charge in [-0.15, -0.1) is 6.58 Å². The molecule has 7 nitrogen and oxygen atoms in total. The molecule has 0 amide bonds. The van der Waals surface area contributed by atoms with Crippen molar-refractivity contribution in [3.63, 3.8) is 0 Å². The molecule has 6 saturated carbocycles. The molecule has 2 aromatic rings. The second-order valence-electron chi connectivity index (χ2n) is 28.9. The van der Waals surface area contributed by atoms with Crippen LogP contribution in [0.2, 0.25) is 0 Å². The monoisotopic (exact) mass is 1050 g/mol. The van der Waals surface area contributed by atoms with Crippen LogP contribution in [-0.4, -0.2) is 31.1 Å². The fraction of sp³-hybridized carbons (Fsp3) is 0.743. The fourth-order valence-corrected chi connectivity index (χ4v) is 19.8. The van der Waals surface area contributed by atoms with Gasteiger partial charge < -0.3 is 23.7 Å². The predicted molar refractivity (Wildman–Crippen MR) is 312 cm³/mol. The van der Waals surface area contributed by atoms with E-state index >= 15 is 0 Å². The first kappa shape index (κ1) is 56.5. The van der Waals surface area contributed by atoms with E-state index < -0.39 is 12.3 Å². The summed E-state index contributed by atoms with van der Waals surface area (Å²) < 4.78 is 31.1. The summed E-state index contributed by atoms with van der Waals surface area (Å²) >= 11 is 0. The second-order valence-corrected chi connectivity index (χ2v) is 28.9. The van der Waals surface area contributed by atoms with Crippen molar-refractivity contribution in [2.24, 2.45) is 92.7 Å². The predicted octanol–water partition coefficient (Wildman–Crippen LogP) is 19.6. The first-order chi connectivity index (χ1) is 36.9. The highest BCUT2D eigenvalue weighted by Crippen LogP contribution is 2.69. The van der Waals surface area contributed by atoms with Gasteiger partial charge in [0.2, 0.25) is 0 Å². The minimum Gasteiger partial charge on any atom is -0.489 e. The lowest BCUT2D eigenvalue weighted by Gasteiger charge is -2.58. The summed E-state index contributed by atoms with van der Waals surface area (Å²) in [7, 11) is 0. The van der Waals surface area contributed by atoms with Crippen LogP contribution in [0.3, 0.4) is 0 Å². The Hall–Kier alpha value is -3.74. The second kappa shape index (κ2) is 23.0.